The second-order valence-electron chi connectivity index (χ2n) is 12.1. The molecular weight excluding hydrogens is 603 g/mol. The summed E-state index contributed by atoms with van der Waals surface area (Å²) < 4.78 is 0. The Balaban J connectivity index is 1.41. The van der Waals surface area contributed by atoms with Crippen LogP contribution in [0.1, 0.15) is 48.8 Å². The minimum atomic E-state index is -0.494. The molecule has 1 unspecified atom stereocenters. The normalized spacial score (nSPS) is 15.0. The van der Waals surface area contributed by atoms with Crippen LogP contribution in [-0.2, 0) is 24.3 Å². The number of nitrogens with two attached hydrogens (primary N) is 1. The van der Waals surface area contributed by atoms with Crippen LogP contribution in [0.3, 0.4) is 0 Å². The highest BCUT2D eigenvalue weighted by molar-refractivity contribution is 6.35. The quantitative estimate of drug-likeness (QED) is 0.183. The van der Waals surface area contributed by atoms with Gasteiger partial charge in [0.05, 0.1) is 17.4 Å². The van der Waals surface area contributed by atoms with Crippen molar-refractivity contribution >= 4 is 34.8 Å². The molecule has 3 heterocycles. The molecule has 45 heavy (non-hydrogen) atoms. The summed E-state index contributed by atoms with van der Waals surface area (Å²) in [5.74, 6) is 0.575. The summed E-state index contributed by atoms with van der Waals surface area (Å²) in [6.07, 6.45) is 4.92. The number of hydrogen-bond acceptors (Lipinski definition) is 6. The Morgan fingerprint density at radius 1 is 0.867 bits per heavy atom. The van der Waals surface area contributed by atoms with E-state index in [4.69, 9.17) is 28.9 Å². The Hall–Kier alpha value is -3.49. The lowest BCUT2D eigenvalue weighted by Gasteiger charge is -2.40. The Morgan fingerprint density at radius 2 is 1.49 bits per heavy atom. The number of hydrogen-bond donors (Lipinski definition) is 1. The predicted molar refractivity (Wildman–Crippen MR) is 183 cm³/mol. The van der Waals surface area contributed by atoms with Crippen molar-refractivity contribution in [1.29, 1.82) is 0 Å². The number of halogens is 2. The number of carbonyl (C=O) groups is 1. The molecule has 0 radical (unpaired) electrons. The third kappa shape index (κ3) is 8.82. The smallest absolute Gasteiger partial charge is 0.240 e. The zero-order valence-corrected chi connectivity index (χ0v) is 27.5. The van der Waals surface area contributed by atoms with Gasteiger partial charge in [-0.2, -0.15) is 0 Å². The van der Waals surface area contributed by atoms with Crippen molar-refractivity contribution in [2.75, 3.05) is 31.1 Å². The summed E-state index contributed by atoms with van der Waals surface area (Å²) in [5, 5.41) is 1.12. The van der Waals surface area contributed by atoms with Gasteiger partial charge in [-0.3, -0.25) is 19.7 Å². The second kappa shape index (κ2) is 15.7. The van der Waals surface area contributed by atoms with Crippen molar-refractivity contribution in [2.24, 2.45) is 11.7 Å². The van der Waals surface area contributed by atoms with Crippen LogP contribution in [0.4, 0.5) is 5.69 Å². The number of nitrogens with zero attached hydrogens (tertiary/aromatic N) is 5. The predicted octanol–water partition coefficient (Wildman–Crippen LogP) is 6.79. The van der Waals surface area contributed by atoms with Gasteiger partial charge in [0, 0.05) is 73.4 Å². The maximum absolute atomic E-state index is 14.6. The van der Waals surface area contributed by atoms with Crippen LogP contribution in [0.15, 0.2) is 91.3 Å². The minimum absolute atomic E-state index is 0.0267. The third-order valence-corrected chi connectivity index (χ3v) is 8.92. The number of anilines is 1. The zero-order chi connectivity index (χ0) is 31.8. The molecular formula is C36H42Cl2N6O. The number of carbonyl (C=O) groups excluding carboxylic acids is 1. The highest BCUT2D eigenvalue weighted by Crippen LogP contribution is 2.30. The molecule has 7 nitrogen and oxygen atoms in total. The topological polar surface area (TPSA) is 78.6 Å². The fourth-order valence-electron chi connectivity index (χ4n) is 6.05. The number of amides is 1. The van der Waals surface area contributed by atoms with E-state index in [0.29, 0.717) is 48.6 Å². The van der Waals surface area contributed by atoms with Crippen molar-refractivity contribution in [3.63, 3.8) is 0 Å². The van der Waals surface area contributed by atoms with Gasteiger partial charge in [-0.25, -0.2) is 0 Å². The van der Waals surface area contributed by atoms with Crippen LogP contribution in [0.25, 0.3) is 0 Å². The molecule has 2 N–H and O–H groups in total. The van der Waals surface area contributed by atoms with Gasteiger partial charge in [0.2, 0.25) is 5.91 Å². The summed E-state index contributed by atoms with van der Waals surface area (Å²) in [4.78, 5) is 30.3. The van der Waals surface area contributed by atoms with E-state index >= 15 is 0 Å². The lowest BCUT2D eigenvalue weighted by atomic mass is 9.96. The van der Waals surface area contributed by atoms with Gasteiger partial charge in [-0.1, -0.05) is 73.4 Å². The van der Waals surface area contributed by atoms with E-state index < -0.39 is 6.04 Å². The number of para-hydroxylation sites is 1. The van der Waals surface area contributed by atoms with E-state index in [1.807, 2.05) is 53.4 Å². The SMILES string of the molecule is CC(C)CC(N)c1ccccc1N1CCN(C(=O)[C@@H](Cc2ccc(Cl)cc2Cl)N(Cc2ccccn2)Cc2ccccn2)CC1. The summed E-state index contributed by atoms with van der Waals surface area (Å²) in [6, 6.07) is 25.1. The first-order valence-electron chi connectivity index (χ1n) is 15.6. The van der Waals surface area contributed by atoms with Gasteiger partial charge in [-0.15, -0.1) is 0 Å². The van der Waals surface area contributed by atoms with E-state index in [2.05, 4.69) is 57.9 Å². The number of pyridine rings is 2. The van der Waals surface area contributed by atoms with Gasteiger partial charge in [0.25, 0.3) is 0 Å². The average molecular weight is 646 g/mol. The largest absolute Gasteiger partial charge is 0.368 e. The first-order chi connectivity index (χ1) is 21.8. The van der Waals surface area contributed by atoms with Gasteiger partial charge >= 0.3 is 0 Å². The second-order valence-corrected chi connectivity index (χ2v) is 13.0. The molecule has 2 aromatic heterocycles. The summed E-state index contributed by atoms with van der Waals surface area (Å²) >= 11 is 12.9. The van der Waals surface area contributed by atoms with E-state index in [1.165, 1.54) is 0 Å². The van der Waals surface area contributed by atoms with E-state index in [0.717, 1.165) is 47.7 Å². The average Bonchev–Trinajstić information content (AvgIpc) is 3.04. The van der Waals surface area contributed by atoms with Gasteiger partial charge in [-0.05, 0) is 72.4 Å². The van der Waals surface area contributed by atoms with E-state index in [1.54, 1.807) is 18.5 Å². The van der Waals surface area contributed by atoms with Gasteiger partial charge < -0.3 is 15.5 Å². The number of benzene rings is 2. The van der Waals surface area contributed by atoms with Crippen molar-refractivity contribution in [1.82, 2.24) is 19.8 Å². The molecule has 0 aliphatic carbocycles. The molecule has 1 aliphatic heterocycles. The molecule has 9 heteroatoms. The van der Waals surface area contributed by atoms with E-state index in [9.17, 15) is 4.79 Å². The molecule has 2 atom stereocenters. The standard InChI is InChI=1S/C36H42Cl2N6O/c1-26(2)21-33(39)31-11-3-4-12-34(31)42-17-19-43(20-18-42)36(45)35(22-27-13-14-28(37)23-32(27)38)44(24-29-9-5-7-15-40-29)25-30-10-6-8-16-41-30/h3-16,23,26,33,35H,17-22,24-25,39H2,1-2H3/t33?,35-/m1/s1. The monoisotopic (exact) mass is 644 g/mol. The van der Waals surface area contributed by atoms with Gasteiger partial charge in [0.15, 0.2) is 0 Å². The molecule has 1 amide bonds. The van der Waals surface area contributed by atoms with Crippen molar-refractivity contribution in [3.05, 3.63) is 124 Å². The molecule has 1 saturated heterocycles. The number of aromatic nitrogens is 2. The molecule has 1 fully saturated rings. The van der Waals surface area contributed by atoms with Crippen LogP contribution in [0, 0.1) is 5.92 Å². The fraction of sp³-hybridized carbons (Fsp3) is 0.361. The summed E-state index contributed by atoms with van der Waals surface area (Å²) in [6.45, 7) is 8.05. The Kier molecular flexibility index (Phi) is 11.5. The molecule has 0 spiro atoms. The maximum Gasteiger partial charge on any atom is 0.240 e. The third-order valence-electron chi connectivity index (χ3n) is 8.33. The van der Waals surface area contributed by atoms with Crippen molar-refractivity contribution < 1.29 is 4.79 Å². The first-order valence-corrected chi connectivity index (χ1v) is 16.4. The molecule has 0 saturated carbocycles. The molecule has 2 aromatic carbocycles. The zero-order valence-electron chi connectivity index (χ0n) is 26.0. The summed E-state index contributed by atoms with van der Waals surface area (Å²) in [7, 11) is 0. The van der Waals surface area contributed by atoms with E-state index in [-0.39, 0.29) is 11.9 Å². The lowest BCUT2D eigenvalue weighted by molar-refractivity contribution is -0.138. The number of piperazine rings is 1. The highest BCUT2D eigenvalue weighted by Gasteiger charge is 2.33. The Bertz CT molecular complexity index is 1490. The molecule has 236 valence electrons. The fourth-order valence-corrected chi connectivity index (χ4v) is 6.53. The first kappa shape index (κ1) is 32.9. The van der Waals surface area contributed by atoms with Crippen molar-refractivity contribution in [2.45, 2.75) is 51.9 Å². The Labute approximate surface area is 277 Å². The van der Waals surface area contributed by atoms with Crippen LogP contribution in [0.5, 0.6) is 0 Å². The lowest BCUT2D eigenvalue weighted by Crippen LogP contribution is -2.55. The highest BCUT2D eigenvalue weighted by atomic mass is 35.5. The van der Waals surface area contributed by atoms with Crippen LogP contribution >= 0.6 is 23.2 Å². The van der Waals surface area contributed by atoms with Crippen LogP contribution in [-0.4, -0.2) is 57.9 Å². The van der Waals surface area contributed by atoms with Crippen LogP contribution in [0.2, 0.25) is 10.0 Å². The molecule has 4 aromatic rings. The molecule has 5 rings (SSSR count). The Morgan fingerprint density at radius 3 is 2.07 bits per heavy atom. The summed E-state index contributed by atoms with van der Waals surface area (Å²) in [5.41, 5.74) is 11.6. The molecule has 1 aliphatic rings. The molecule has 0 bridgehead atoms. The minimum Gasteiger partial charge on any atom is -0.368 e. The number of rotatable bonds is 12. The maximum atomic E-state index is 14.6. The van der Waals surface area contributed by atoms with Gasteiger partial charge in [0.1, 0.15) is 0 Å². The van der Waals surface area contributed by atoms with Crippen LogP contribution < -0.4 is 10.6 Å². The van der Waals surface area contributed by atoms with Crippen molar-refractivity contribution in [3.8, 4) is 0 Å².